The number of carbonyl (C=O) groups is 2. The first-order valence-corrected chi connectivity index (χ1v) is 7.03. The molecule has 0 saturated carbocycles. The minimum Gasteiger partial charge on any atom is -0.469 e. The summed E-state index contributed by atoms with van der Waals surface area (Å²) in [6.45, 7) is 0. The molecule has 1 aromatic carbocycles. The molecule has 0 fully saturated rings. The standard InChI is InChI=1S/C16H15N3O5/c1-24-15(20)9-14(11-4-6-13(7-5-11)19(22)23)18-16(21)12-3-2-8-17-10-12/h2-8,10,14H,9H2,1H3,(H,18,21). The summed E-state index contributed by atoms with van der Waals surface area (Å²) in [5.41, 5.74) is 0.826. The van der Waals surface area contributed by atoms with Crippen molar-refractivity contribution < 1.29 is 19.2 Å². The maximum atomic E-state index is 12.3. The fourth-order valence-corrected chi connectivity index (χ4v) is 2.07. The third-order valence-corrected chi connectivity index (χ3v) is 3.33. The number of non-ortho nitro benzene ring substituents is 1. The Morgan fingerprint density at radius 1 is 1.29 bits per heavy atom. The fourth-order valence-electron chi connectivity index (χ4n) is 2.07. The van der Waals surface area contributed by atoms with Gasteiger partial charge in [-0.3, -0.25) is 24.7 Å². The minimum atomic E-state index is -0.675. The lowest BCUT2D eigenvalue weighted by Gasteiger charge is -2.18. The summed E-state index contributed by atoms with van der Waals surface area (Å²) in [5, 5.41) is 13.4. The summed E-state index contributed by atoms with van der Waals surface area (Å²) in [6.07, 6.45) is 2.85. The number of carbonyl (C=O) groups excluding carboxylic acids is 2. The smallest absolute Gasteiger partial charge is 0.307 e. The van der Waals surface area contributed by atoms with Gasteiger partial charge in [-0.15, -0.1) is 0 Å². The summed E-state index contributed by atoms with van der Waals surface area (Å²) in [7, 11) is 1.25. The number of nitrogens with one attached hydrogen (secondary N) is 1. The van der Waals surface area contributed by atoms with Crippen LogP contribution in [0.2, 0.25) is 0 Å². The largest absolute Gasteiger partial charge is 0.469 e. The molecule has 124 valence electrons. The molecule has 24 heavy (non-hydrogen) atoms. The van der Waals surface area contributed by atoms with Gasteiger partial charge in [0.2, 0.25) is 0 Å². The number of ether oxygens (including phenoxy) is 1. The van der Waals surface area contributed by atoms with E-state index in [1.54, 1.807) is 18.3 Å². The van der Waals surface area contributed by atoms with Crippen LogP contribution in [-0.2, 0) is 9.53 Å². The Morgan fingerprint density at radius 2 is 2.00 bits per heavy atom. The number of nitro benzene ring substituents is 1. The topological polar surface area (TPSA) is 111 Å². The van der Waals surface area contributed by atoms with E-state index in [0.717, 1.165) is 0 Å². The monoisotopic (exact) mass is 329 g/mol. The van der Waals surface area contributed by atoms with Gasteiger partial charge in [0, 0.05) is 24.5 Å². The van der Waals surface area contributed by atoms with Crippen LogP contribution in [0.15, 0.2) is 48.8 Å². The maximum Gasteiger partial charge on any atom is 0.307 e. The van der Waals surface area contributed by atoms with E-state index in [9.17, 15) is 19.7 Å². The number of hydrogen-bond donors (Lipinski definition) is 1. The number of rotatable bonds is 6. The molecule has 2 rings (SSSR count). The van der Waals surface area contributed by atoms with E-state index in [-0.39, 0.29) is 12.1 Å². The average molecular weight is 329 g/mol. The Balaban J connectivity index is 2.22. The molecule has 1 atom stereocenters. The molecule has 0 saturated heterocycles. The zero-order valence-corrected chi connectivity index (χ0v) is 12.8. The first-order valence-electron chi connectivity index (χ1n) is 7.03. The van der Waals surface area contributed by atoms with Crippen LogP contribution in [-0.4, -0.2) is 28.9 Å². The van der Waals surface area contributed by atoms with E-state index in [1.165, 1.54) is 37.6 Å². The zero-order chi connectivity index (χ0) is 17.5. The van der Waals surface area contributed by atoms with E-state index in [0.29, 0.717) is 11.1 Å². The van der Waals surface area contributed by atoms with Crippen molar-refractivity contribution in [3.8, 4) is 0 Å². The molecule has 0 aliphatic carbocycles. The number of nitro groups is 1. The molecule has 1 aromatic heterocycles. The number of hydrogen-bond acceptors (Lipinski definition) is 6. The van der Waals surface area contributed by atoms with Crippen LogP contribution in [0.1, 0.15) is 28.4 Å². The summed E-state index contributed by atoms with van der Waals surface area (Å²) < 4.78 is 4.64. The van der Waals surface area contributed by atoms with Crippen LogP contribution in [0, 0.1) is 10.1 Å². The summed E-state index contributed by atoms with van der Waals surface area (Å²) >= 11 is 0. The van der Waals surface area contributed by atoms with Crippen molar-refractivity contribution in [2.24, 2.45) is 0 Å². The summed E-state index contributed by atoms with van der Waals surface area (Å²) in [6, 6.07) is 8.16. The van der Waals surface area contributed by atoms with Crippen LogP contribution in [0.3, 0.4) is 0 Å². The van der Waals surface area contributed by atoms with Crippen molar-refractivity contribution in [3.63, 3.8) is 0 Å². The number of benzene rings is 1. The number of nitrogens with zero attached hydrogens (tertiary/aromatic N) is 2. The normalized spacial score (nSPS) is 11.4. The van der Waals surface area contributed by atoms with Gasteiger partial charge >= 0.3 is 5.97 Å². The molecule has 1 N–H and O–H groups in total. The lowest BCUT2D eigenvalue weighted by Crippen LogP contribution is -2.30. The third-order valence-electron chi connectivity index (χ3n) is 3.33. The van der Waals surface area contributed by atoms with Gasteiger partial charge in [-0.05, 0) is 17.7 Å². The van der Waals surface area contributed by atoms with E-state index in [4.69, 9.17) is 0 Å². The zero-order valence-electron chi connectivity index (χ0n) is 12.8. The highest BCUT2D eigenvalue weighted by atomic mass is 16.6. The Hall–Kier alpha value is -3.29. The van der Waals surface area contributed by atoms with Crippen LogP contribution < -0.4 is 5.32 Å². The maximum absolute atomic E-state index is 12.3. The van der Waals surface area contributed by atoms with Crippen molar-refractivity contribution >= 4 is 17.6 Å². The number of methoxy groups -OCH3 is 1. The van der Waals surface area contributed by atoms with Gasteiger partial charge in [-0.1, -0.05) is 12.1 Å². The fraction of sp³-hybridized carbons (Fsp3) is 0.188. The first kappa shape index (κ1) is 17.1. The Labute approximate surface area is 137 Å². The molecule has 8 nitrogen and oxygen atoms in total. The third kappa shape index (κ3) is 4.35. The molecule has 1 unspecified atom stereocenters. The predicted octanol–water partition coefficient (Wildman–Crippen LogP) is 2.02. The van der Waals surface area contributed by atoms with Crippen LogP contribution >= 0.6 is 0 Å². The van der Waals surface area contributed by atoms with Crippen molar-refractivity contribution in [3.05, 3.63) is 70.0 Å². The van der Waals surface area contributed by atoms with Gasteiger partial charge in [-0.2, -0.15) is 0 Å². The highest BCUT2D eigenvalue weighted by molar-refractivity contribution is 5.94. The SMILES string of the molecule is COC(=O)CC(NC(=O)c1cccnc1)c1ccc([N+](=O)[O-])cc1. The molecule has 0 bridgehead atoms. The van der Waals surface area contributed by atoms with E-state index in [2.05, 4.69) is 15.0 Å². The number of amides is 1. The number of aromatic nitrogens is 1. The highest BCUT2D eigenvalue weighted by Crippen LogP contribution is 2.21. The van der Waals surface area contributed by atoms with Crippen molar-refractivity contribution in [1.29, 1.82) is 0 Å². The summed E-state index contributed by atoms with van der Waals surface area (Å²) in [5.74, 6) is -0.916. The quantitative estimate of drug-likeness (QED) is 0.493. The second-order valence-corrected chi connectivity index (χ2v) is 4.90. The minimum absolute atomic E-state index is 0.0749. The second-order valence-electron chi connectivity index (χ2n) is 4.90. The highest BCUT2D eigenvalue weighted by Gasteiger charge is 2.20. The Kier molecular flexibility index (Phi) is 5.56. The summed E-state index contributed by atoms with van der Waals surface area (Å²) in [4.78, 5) is 37.9. The van der Waals surface area contributed by atoms with Crippen LogP contribution in [0.4, 0.5) is 5.69 Å². The Morgan fingerprint density at radius 3 is 2.54 bits per heavy atom. The lowest BCUT2D eigenvalue weighted by atomic mass is 10.0. The first-order chi connectivity index (χ1) is 11.5. The number of pyridine rings is 1. The van der Waals surface area contributed by atoms with Crippen molar-refractivity contribution in [2.75, 3.05) is 7.11 Å². The van der Waals surface area contributed by atoms with Crippen LogP contribution in [0.5, 0.6) is 0 Å². The van der Waals surface area contributed by atoms with E-state index < -0.39 is 22.8 Å². The van der Waals surface area contributed by atoms with Gasteiger partial charge in [0.05, 0.1) is 30.1 Å². The van der Waals surface area contributed by atoms with Crippen LogP contribution in [0.25, 0.3) is 0 Å². The molecule has 8 heteroatoms. The van der Waals surface area contributed by atoms with Gasteiger partial charge < -0.3 is 10.1 Å². The Bertz CT molecular complexity index is 731. The predicted molar refractivity (Wildman–Crippen MR) is 84.2 cm³/mol. The van der Waals surface area contributed by atoms with Gasteiger partial charge in [0.25, 0.3) is 11.6 Å². The lowest BCUT2D eigenvalue weighted by molar-refractivity contribution is -0.384. The molecule has 1 heterocycles. The molecule has 0 spiro atoms. The number of esters is 1. The molecule has 0 aliphatic heterocycles. The average Bonchev–Trinajstić information content (AvgIpc) is 2.61. The molecule has 0 aliphatic rings. The van der Waals surface area contributed by atoms with Gasteiger partial charge in [0.1, 0.15) is 0 Å². The molecule has 1 amide bonds. The molecular weight excluding hydrogens is 314 g/mol. The van der Waals surface area contributed by atoms with Gasteiger partial charge in [-0.25, -0.2) is 0 Å². The second kappa shape index (κ2) is 7.82. The van der Waals surface area contributed by atoms with Crippen molar-refractivity contribution in [1.82, 2.24) is 10.3 Å². The van der Waals surface area contributed by atoms with E-state index >= 15 is 0 Å². The molecular formula is C16H15N3O5. The van der Waals surface area contributed by atoms with E-state index in [1.807, 2.05) is 0 Å². The molecule has 2 aromatic rings. The molecule has 0 radical (unpaired) electrons. The van der Waals surface area contributed by atoms with Crippen molar-refractivity contribution in [2.45, 2.75) is 12.5 Å². The van der Waals surface area contributed by atoms with Gasteiger partial charge in [0.15, 0.2) is 0 Å².